The van der Waals surface area contributed by atoms with Gasteiger partial charge in [-0.15, -0.1) is 0 Å². The summed E-state index contributed by atoms with van der Waals surface area (Å²) < 4.78 is 25.4. The number of carbonyl (C=O) groups excluding carboxylic acids is 3. The molecule has 0 saturated heterocycles. The predicted molar refractivity (Wildman–Crippen MR) is 122 cm³/mol. The molecular weight excluding hydrogens is 430 g/mol. The van der Waals surface area contributed by atoms with Gasteiger partial charge in [0.25, 0.3) is 11.8 Å². The third-order valence-electron chi connectivity index (χ3n) is 5.14. The molecule has 0 fully saturated rings. The lowest BCUT2D eigenvalue weighted by molar-refractivity contribution is -0.116. The van der Waals surface area contributed by atoms with Gasteiger partial charge in [0.1, 0.15) is 0 Å². The summed E-state index contributed by atoms with van der Waals surface area (Å²) in [5.74, 6) is -1.10. The maximum absolute atomic E-state index is 12.9. The van der Waals surface area contributed by atoms with E-state index in [4.69, 9.17) is 0 Å². The molecule has 0 atom stereocenters. The van der Waals surface area contributed by atoms with Gasteiger partial charge >= 0.3 is 0 Å². The van der Waals surface area contributed by atoms with Crippen molar-refractivity contribution < 1.29 is 22.8 Å². The Morgan fingerprint density at radius 2 is 1.47 bits per heavy atom. The highest BCUT2D eigenvalue weighted by atomic mass is 32.2. The molecule has 4 rings (SSSR count). The molecule has 3 aromatic rings. The van der Waals surface area contributed by atoms with Gasteiger partial charge in [-0.3, -0.25) is 24.0 Å². The standard InChI is InChI=1S/C23H21N3O5S/c1-32(30,31)25-19-12-3-2-11-18(19)24-20(27)13-6-14-26-22(28)16-9-4-7-15-8-5-10-17(21(15)16)23(26)29/h2-5,7-12,25H,6,13-14H2,1H3,(H,24,27). The number of imide groups is 1. The third-order valence-corrected chi connectivity index (χ3v) is 5.73. The molecule has 32 heavy (non-hydrogen) atoms. The Balaban J connectivity index is 1.42. The highest BCUT2D eigenvalue weighted by Gasteiger charge is 2.32. The molecule has 164 valence electrons. The SMILES string of the molecule is CS(=O)(=O)Nc1ccccc1NC(=O)CCCN1C(=O)c2cccc3cccc(c23)C1=O. The van der Waals surface area contributed by atoms with Gasteiger partial charge in [0.2, 0.25) is 15.9 Å². The number of nitrogens with one attached hydrogen (secondary N) is 2. The summed E-state index contributed by atoms with van der Waals surface area (Å²) in [6, 6.07) is 17.1. The van der Waals surface area contributed by atoms with Crippen LogP contribution < -0.4 is 10.0 Å². The summed E-state index contributed by atoms with van der Waals surface area (Å²) in [5, 5.41) is 4.17. The van der Waals surface area contributed by atoms with Crippen molar-refractivity contribution in [3.63, 3.8) is 0 Å². The van der Waals surface area contributed by atoms with Crippen LogP contribution in [0.25, 0.3) is 10.8 Å². The highest BCUT2D eigenvalue weighted by Crippen LogP contribution is 2.30. The van der Waals surface area contributed by atoms with E-state index in [0.29, 0.717) is 22.2 Å². The maximum Gasteiger partial charge on any atom is 0.261 e. The van der Waals surface area contributed by atoms with Crippen molar-refractivity contribution in [1.29, 1.82) is 0 Å². The molecule has 1 aliphatic heterocycles. The number of rotatable bonds is 7. The number of hydrogen-bond acceptors (Lipinski definition) is 5. The largest absolute Gasteiger partial charge is 0.324 e. The zero-order chi connectivity index (χ0) is 22.9. The number of hydrogen-bond donors (Lipinski definition) is 2. The summed E-state index contributed by atoms with van der Waals surface area (Å²) in [4.78, 5) is 39.4. The van der Waals surface area contributed by atoms with E-state index in [0.717, 1.165) is 11.6 Å². The van der Waals surface area contributed by atoms with E-state index < -0.39 is 10.0 Å². The lowest BCUT2D eigenvalue weighted by atomic mass is 9.94. The molecule has 0 radical (unpaired) electrons. The Kier molecular flexibility index (Phi) is 5.67. The summed E-state index contributed by atoms with van der Waals surface area (Å²) >= 11 is 0. The lowest BCUT2D eigenvalue weighted by Crippen LogP contribution is -2.41. The van der Waals surface area contributed by atoms with Gasteiger partial charge < -0.3 is 5.32 Å². The van der Waals surface area contributed by atoms with Gasteiger partial charge in [-0.25, -0.2) is 8.42 Å². The number of benzene rings is 3. The Morgan fingerprint density at radius 1 is 0.875 bits per heavy atom. The summed E-state index contributed by atoms with van der Waals surface area (Å²) in [5.41, 5.74) is 1.54. The van der Waals surface area contributed by atoms with Gasteiger partial charge in [0.05, 0.1) is 17.6 Å². The minimum atomic E-state index is -3.50. The average Bonchev–Trinajstić information content (AvgIpc) is 2.74. The Morgan fingerprint density at radius 3 is 2.06 bits per heavy atom. The molecule has 3 aromatic carbocycles. The van der Waals surface area contributed by atoms with Crippen molar-refractivity contribution in [1.82, 2.24) is 4.90 Å². The second-order valence-electron chi connectivity index (χ2n) is 7.54. The fourth-order valence-electron chi connectivity index (χ4n) is 3.77. The van der Waals surface area contributed by atoms with Crippen LogP contribution in [0.1, 0.15) is 33.6 Å². The van der Waals surface area contributed by atoms with Gasteiger partial charge in [-0.1, -0.05) is 36.4 Å². The number of carbonyl (C=O) groups is 3. The molecule has 0 unspecified atom stereocenters. The van der Waals surface area contributed by atoms with Crippen LogP contribution in [0.15, 0.2) is 60.7 Å². The van der Waals surface area contributed by atoms with Crippen LogP contribution in [-0.2, 0) is 14.8 Å². The van der Waals surface area contributed by atoms with Crippen molar-refractivity contribution in [2.45, 2.75) is 12.8 Å². The van der Waals surface area contributed by atoms with Gasteiger partial charge in [0, 0.05) is 29.5 Å². The van der Waals surface area contributed by atoms with Crippen LogP contribution in [0.5, 0.6) is 0 Å². The fourth-order valence-corrected chi connectivity index (χ4v) is 4.35. The second kappa shape index (κ2) is 8.43. The predicted octanol–water partition coefficient (Wildman–Crippen LogP) is 3.23. The van der Waals surface area contributed by atoms with Crippen molar-refractivity contribution >= 4 is 49.9 Å². The molecule has 8 nitrogen and oxygen atoms in total. The Bertz CT molecular complexity index is 1300. The maximum atomic E-state index is 12.9. The van der Waals surface area contributed by atoms with E-state index in [-0.39, 0.29) is 42.8 Å². The van der Waals surface area contributed by atoms with E-state index in [1.54, 1.807) is 48.5 Å². The van der Waals surface area contributed by atoms with Crippen LogP contribution in [0, 0.1) is 0 Å². The molecular formula is C23H21N3O5S. The number of para-hydroxylation sites is 2. The minimum absolute atomic E-state index is 0.0517. The first-order valence-electron chi connectivity index (χ1n) is 9.99. The molecule has 9 heteroatoms. The molecule has 0 spiro atoms. The van der Waals surface area contributed by atoms with Crippen LogP contribution >= 0.6 is 0 Å². The molecule has 3 amide bonds. The van der Waals surface area contributed by atoms with E-state index in [2.05, 4.69) is 10.0 Å². The van der Waals surface area contributed by atoms with E-state index in [1.807, 2.05) is 12.1 Å². The number of amides is 3. The average molecular weight is 452 g/mol. The van der Waals surface area contributed by atoms with Crippen LogP contribution in [0.4, 0.5) is 11.4 Å². The van der Waals surface area contributed by atoms with E-state index in [9.17, 15) is 22.8 Å². The lowest BCUT2D eigenvalue weighted by Gasteiger charge is -2.27. The number of nitrogens with zero attached hydrogens (tertiary/aromatic N) is 1. The van der Waals surface area contributed by atoms with Crippen LogP contribution in [0.2, 0.25) is 0 Å². The van der Waals surface area contributed by atoms with Crippen molar-refractivity contribution in [3.05, 3.63) is 71.8 Å². The summed E-state index contributed by atoms with van der Waals surface area (Å²) in [7, 11) is -3.50. The van der Waals surface area contributed by atoms with Crippen molar-refractivity contribution in [2.75, 3.05) is 22.8 Å². The minimum Gasteiger partial charge on any atom is -0.324 e. The smallest absolute Gasteiger partial charge is 0.261 e. The first-order valence-corrected chi connectivity index (χ1v) is 11.9. The van der Waals surface area contributed by atoms with Gasteiger partial charge in [-0.05, 0) is 36.1 Å². The molecule has 1 aliphatic rings. The summed E-state index contributed by atoms with van der Waals surface area (Å²) in [6.45, 7) is 0.0963. The molecule has 0 aromatic heterocycles. The monoisotopic (exact) mass is 451 g/mol. The second-order valence-corrected chi connectivity index (χ2v) is 9.29. The molecule has 0 saturated carbocycles. The number of anilines is 2. The zero-order valence-electron chi connectivity index (χ0n) is 17.3. The Labute approximate surface area is 185 Å². The first-order chi connectivity index (χ1) is 15.2. The normalized spacial score (nSPS) is 13.3. The van der Waals surface area contributed by atoms with E-state index >= 15 is 0 Å². The molecule has 0 aliphatic carbocycles. The molecule has 2 N–H and O–H groups in total. The van der Waals surface area contributed by atoms with Crippen LogP contribution in [-0.4, -0.2) is 43.8 Å². The van der Waals surface area contributed by atoms with Crippen LogP contribution in [0.3, 0.4) is 0 Å². The molecule has 0 bridgehead atoms. The van der Waals surface area contributed by atoms with Crippen molar-refractivity contribution in [3.8, 4) is 0 Å². The summed E-state index contributed by atoms with van der Waals surface area (Å²) in [6.07, 6.45) is 1.34. The van der Waals surface area contributed by atoms with Gasteiger partial charge in [0.15, 0.2) is 0 Å². The number of sulfonamides is 1. The Hall–Kier alpha value is -3.72. The first kappa shape index (κ1) is 21.5. The molecule has 1 heterocycles. The van der Waals surface area contributed by atoms with E-state index in [1.165, 1.54) is 4.90 Å². The van der Waals surface area contributed by atoms with Gasteiger partial charge in [-0.2, -0.15) is 0 Å². The fraction of sp³-hybridized carbons (Fsp3) is 0.174. The third kappa shape index (κ3) is 4.33. The highest BCUT2D eigenvalue weighted by molar-refractivity contribution is 7.92. The van der Waals surface area contributed by atoms with Crippen molar-refractivity contribution in [2.24, 2.45) is 0 Å². The quantitative estimate of drug-likeness (QED) is 0.536. The topological polar surface area (TPSA) is 113 Å². The zero-order valence-corrected chi connectivity index (χ0v) is 18.1.